The number of carbonyl (C=O) groups excluding carboxylic acids is 1. The summed E-state index contributed by atoms with van der Waals surface area (Å²) in [5.74, 6) is 0.363. The number of hydrogen-bond acceptors (Lipinski definition) is 4. The van der Waals surface area contributed by atoms with Gasteiger partial charge in [-0.05, 0) is 51.3 Å². The second-order valence-electron chi connectivity index (χ2n) is 7.91. The Balaban J connectivity index is 1.58. The van der Waals surface area contributed by atoms with Gasteiger partial charge < -0.3 is 10.1 Å². The van der Waals surface area contributed by atoms with Crippen molar-refractivity contribution in [3.05, 3.63) is 47.7 Å². The molecule has 1 atom stereocenters. The molecule has 1 amide bonds. The van der Waals surface area contributed by atoms with E-state index < -0.39 is 6.10 Å². The number of ether oxygens (including phenoxy) is 1. The van der Waals surface area contributed by atoms with Crippen LogP contribution in [0.2, 0.25) is 0 Å². The van der Waals surface area contributed by atoms with Crippen molar-refractivity contribution in [2.24, 2.45) is 0 Å². The largest absolute Gasteiger partial charge is 0.464 e. The van der Waals surface area contributed by atoms with Crippen LogP contribution in [0.1, 0.15) is 50.3 Å². The number of fused-ring (bicyclic) bond motifs is 1. The molecule has 6 heteroatoms. The van der Waals surface area contributed by atoms with Crippen LogP contribution in [0, 0.1) is 13.8 Å². The fraction of sp³-hybridized carbons (Fsp3) is 0.435. The summed E-state index contributed by atoms with van der Waals surface area (Å²) in [6.45, 7) is 5.78. The standard InChI is InChI=1S/C23H28N4O2/c1-15-14-20(29-17(3)23(28)24-18-10-6-4-7-11-18)25-22-21(15)16(2)26-27(22)19-12-8-5-9-13-19/h5,8-9,12-14,17-18H,4,6-7,10-11H2,1-3H3,(H,24,28). The summed E-state index contributed by atoms with van der Waals surface area (Å²) in [6, 6.07) is 12.1. The summed E-state index contributed by atoms with van der Waals surface area (Å²) in [5, 5.41) is 8.81. The van der Waals surface area contributed by atoms with Gasteiger partial charge in [0.1, 0.15) is 0 Å². The van der Waals surface area contributed by atoms with Crippen LogP contribution in [0.4, 0.5) is 0 Å². The molecule has 152 valence electrons. The topological polar surface area (TPSA) is 69.0 Å². The molecule has 0 radical (unpaired) electrons. The summed E-state index contributed by atoms with van der Waals surface area (Å²) in [4.78, 5) is 17.3. The van der Waals surface area contributed by atoms with Crippen LogP contribution in [0.5, 0.6) is 5.88 Å². The summed E-state index contributed by atoms with van der Waals surface area (Å²) >= 11 is 0. The lowest BCUT2D eigenvalue weighted by atomic mass is 9.95. The van der Waals surface area contributed by atoms with Crippen LogP contribution in [-0.2, 0) is 4.79 Å². The predicted octanol–water partition coefficient (Wildman–Crippen LogP) is 4.25. The Kier molecular flexibility index (Phi) is 5.51. The zero-order valence-electron chi connectivity index (χ0n) is 17.3. The SMILES string of the molecule is Cc1cc(OC(C)C(=O)NC2CCCCC2)nc2c1c(C)nn2-c1ccccc1. The predicted molar refractivity (Wildman–Crippen MR) is 113 cm³/mol. The van der Waals surface area contributed by atoms with E-state index >= 15 is 0 Å². The normalized spacial score (nSPS) is 16.0. The van der Waals surface area contributed by atoms with Gasteiger partial charge in [-0.1, -0.05) is 37.5 Å². The van der Waals surface area contributed by atoms with E-state index in [2.05, 4.69) is 10.4 Å². The fourth-order valence-corrected chi connectivity index (χ4v) is 4.08. The van der Waals surface area contributed by atoms with Gasteiger partial charge >= 0.3 is 0 Å². The average molecular weight is 393 g/mol. The van der Waals surface area contributed by atoms with E-state index in [9.17, 15) is 4.79 Å². The Morgan fingerprint density at radius 3 is 2.62 bits per heavy atom. The first kappa shape index (κ1) is 19.4. The quantitative estimate of drug-likeness (QED) is 0.705. The number of para-hydroxylation sites is 1. The molecule has 0 saturated heterocycles. The first-order valence-electron chi connectivity index (χ1n) is 10.4. The maximum atomic E-state index is 12.6. The minimum Gasteiger partial charge on any atom is -0.464 e. The zero-order chi connectivity index (χ0) is 20.4. The molecule has 1 aliphatic rings. The second-order valence-corrected chi connectivity index (χ2v) is 7.91. The van der Waals surface area contributed by atoms with Crippen LogP contribution >= 0.6 is 0 Å². The summed E-state index contributed by atoms with van der Waals surface area (Å²) in [7, 11) is 0. The Bertz CT molecular complexity index is 1010. The highest BCUT2D eigenvalue weighted by atomic mass is 16.5. The van der Waals surface area contributed by atoms with E-state index in [0.717, 1.165) is 40.8 Å². The number of aryl methyl sites for hydroxylation is 2. The van der Waals surface area contributed by atoms with Crippen LogP contribution in [0.15, 0.2) is 36.4 Å². The van der Waals surface area contributed by atoms with Gasteiger partial charge in [-0.15, -0.1) is 0 Å². The van der Waals surface area contributed by atoms with Crippen molar-refractivity contribution in [1.82, 2.24) is 20.1 Å². The summed E-state index contributed by atoms with van der Waals surface area (Å²) in [5.41, 5.74) is 3.63. The molecule has 3 aromatic rings. The van der Waals surface area contributed by atoms with Gasteiger partial charge in [0.05, 0.1) is 11.4 Å². The van der Waals surface area contributed by atoms with E-state index in [-0.39, 0.29) is 11.9 Å². The van der Waals surface area contributed by atoms with Crippen molar-refractivity contribution in [1.29, 1.82) is 0 Å². The van der Waals surface area contributed by atoms with Crippen LogP contribution in [0.3, 0.4) is 0 Å². The number of benzene rings is 1. The molecule has 1 aliphatic carbocycles. The van der Waals surface area contributed by atoms with Gasteiger partial charge in [-0.2, -0.15) is 10.1 Å². The summed E-state index contributed by atoms with van der Waals surface area (Å²) in [6.07, 6.45) is 5.13. The molecule has 0 bridgehead atoms. The number of rotatable bonds is 5. The lowest BCUT2D eigenvalue weighted by Gasteiger charge is -2.24. The van der Waals surface area contributed by atoms with Crippen molar-refractivity contribution in [2.75, 3.05) is 0 Å². The number of nitrogens with zero attached hydrogens (tertiary/aromatic N) is 3. The lowest BCUT2D eigenvalue weighted by Crippen LogP contribution is -2.43. The highest BCUT2D eigenvalue weighted by Crippen LogP contribution is 2.27. The fourth-order valence-electron chi connectivity index (χ4n) is 4.08. The van der Waals surface area contributed by atoms with Crippen molar-refractivity contribution in [2.45, 2.75) is 65.0 Å². The van der Waals surface area contributed by atoms with E-state index in [1.54, 1.807) is 6.92 Å². The molecule has 1 fully saturated rings. The van der Waals surface area contributed by atoms with Gasteiger partial charge in [-0.25, -0.2) is 4.68 Å². The Hall–Kier alpha value is -2.89. The molecular weight excluding hydrogens is 364 g/mol. The highest BCUT2D eigenvalue weighted by molar-refractivity contribution is 5.84. The molecular formula is C23H28N4O2. The van der Waals surface area contributed by atoms with E-state index in [0.29, 0.717) is 5.88 Å². The average Bonchev–Trinajstić information content (AvgIpc) is 3.06. The first-order valence-corrected chi connectivity index (χ1v) is 10.4. The van der Waals surface area contributed by atoms with Crippen LogP contribution in [-0.4, -0.2) is 32.8 Å². The first-order chi connectivity index (χ1) is 14.0. The molecule has 1 N–H and O–H groups in total. The van der Waals surface area contributed by atoms with E-state index in [1.807, 2.05) is 54.9 Å². The van der Waals surface area contributed by atoms with E-state index in [1.165, 1.54) is 19.3 Å². The third kappa shape index (κ3) is 4.11. The van der Waals surface area contributed by atoms with Gasteiger partial charge in [0.25, 0.3) is 5.91 Å². The Labute approximate surface area is 171 Å². The maximum absolute atomic E-state index is 12.6. The minimum absolute atomic E-state index is 0.0794. The highest BCUT2D eigenvalue weighted by Gasteiger charge is 2.22. The molecule has 0 spiro atoms. The van der Waals surface area contributed by atoms with Crippen LogP contribution < -0.4 is 10.1 Å². The molecule has 2 aromatic heterocycles. The van der Waals surface area contributed by atoms with Crippen molar-refractivity contribution in [3.8, 4) is 11.6 Å². The number of hydrogen-bond donors (Lipinski definition) is 1. The third-order valence-electron chi connectivity index (χ3n) is 5.61. The number of carbonyl (C=O) groups is 1. The van der Waals surface area contributed by atoms with Crippen molar-refractivity contribution in [3.63, 3.8) is 0 Å². The molecule has 4 rings (SSSR count). The molecule has 2 heterocycles. The summed E-state index contributed by atoms with van der Waals surface area (Å²) < 4.78 is 7.77. The number of amides is 1. The second kappa shape index (κ2) is 8.23. The third-order valence-corrected chi connectivity index (χ3v) is 5.61. The number of pyridine rings is 1. The van der Waals surface area contributed by atoms with E-state index in [4.69, 9.17) is 9.72 Å². The van der Waals surface area contributed by atoms with Crippen molar-refractivity contribution >= 4 is 16.9 Å². The Morgan fingerprint density at radius 1 is 1.17 bits per heavy atom. The molecule has 6 nitrogen and oxygen atoms in total. The molecule has 1 unspecified atom stereocenters. The van der Waals surface area contributed by atoms with Gasteiger partial charge in [0.2, 0.25) is 5.88 Å². The smallest absolute Gasteiger partial charge is 0.261 e. The maximum Gasteiger partial charge on any atom is 0.261 e. The zero-order valence-corrected chi connectivity index (χ0v) is 17.3. The van der Waals surface area contributed by atoms with Crippen molar-refractivity contribution < 1.29 is 9.53 Å². The monoisotopic (exact) mass is 392 g/mol. The van der Waals surface area contributed by atoms with Gasteiger partial charge in [0.15, 0.2) is 11.8 Å². The molecule has 29 heavy (non-hydrogen) atoms. The van der Waals surface area contributed by atoms with Gasteiger partial charge in [-0.3, -0.25) is 4.79 Å². The molecule has 1 aromatic carbocycles. The van der Waals surface area contributed by atoms with Crippen LogP contribution in [0.25, 0.3) is 16.7 Å². The Morgan fingerprint density at radius 2 is 1.90 bits per heavy atom. The molecule has 0 aliphatic heterocycles. The minimum atomic E-state index is -0.601. The molecule has 1 saturated carbocycles. The number of aromatic nitrogens is 3. The lowest BCUT2D eigenvalue weighted by molar-refractivity contribution is -0.128. The van der Waals surface area contributed by atoms with Gasteiger partial charge in [0, 0.05) is 17.5 Å². The number of nitrogens with one attached hydrogen (secondary N) is 1.